The summed E-state index contributed by atoms with van der Waals surface area (Å²) in [7, 11) is -3.90. The normalized spacial score (nSPS) is 12.2. The molecule has 0 saturated heterocycles. The Kier molecular flexibility index (Phi) is 6.76. The largest absolute Gasteiger partial charge is 0.494 e. The number of aryl methyl sites for hydroxylation is 1. The Hall–Kier alpha value is -2.91. The number of nitrogens with one attached hydrogen (secondary N) is 2. The average Bonchev–Trinajstić information content (AvgIpc) is 2.63. The SMILES string of the molecule is CCOc1ccc(S(=O)(=O)N[C@@H](C)C(=O)Nc2ccc(C(N)=O)cc2)cc1C. The highest BCUT2D eigenvalue weighted by atomic mass is 32.2. The second-order valence-corrected chi connectivity index (χ2v) is 7.85. The second-order valence-electron chi connectivity index (χ2n) is 6.13. The second kappa shape index (κ2) is 8.85. The van der Waals surface area contributed by atoms with Gasteiger partial charge in [0.1, 0.15) is 5.75 Å². The maximum Gasteiger partial charge on any atom is 0.248 e. The number of anilines is 1. The number of primary amides is 1. The predicted molar refractivity (Wildman–Crippen MR) is 106 cm³/mol. The molecule has 2 amide bonds. The Morgan fingerprint density at radius 1 is 1.14 bits per heavy atom. The first-order chi connectivity index (χ1) is 13.1. The van der Waals surface area contributed by atoms with Crippen LogP contribution < -0.4 is 20.5 Å². The summed E-state index contributed by atoms with van der Waals surface area (Å²) >= 11 is 0. The fraction of sp³-hybridized carbons (Fsp3) is 0.263. The zero-order chi connectivity index (χ0) is 20.9. The molecule has 0 spiro atoms. The standard InChI is InChI=1S/C19H23N3O5S/c1-4-27-17-10-9-16(11-12(17)2)28(25,26)22-13(3)19(24)21-15-7-5-14(6-8-15)18(20)23/h5-11,13,22H,4H2,1-3H3,(H2,20,23)(H,21,24)/t13-/m0/s1. The van der Waals surface area contributed by atoms with Crippen LogP contribution in [0.2, 0.25) is 0 Å². The van der Waals surface area contributed by atoms with Gasteiger partial charge >= 0.3 is 0 Å². The van der Waals surface area contributed by atoms with Gasteiger partial charge in [-0.3, -0.25) is 9.59 Å². The molecule has 150 valence electrons. The van der Waals surface area contributed by atoms with E-state index in [1.165, 1.54) is 43.3 Å². The van der Waals surface area contributed by atoms with E-state index in [0.717, 1.165) is 0 Å². The molecule has 2 aromatic carbocycles. The lowest BCUT2D eigenvalue weighted by atomic mass is 10.2. The van der Waals surface area contributed by atoms with Crippen LogP contribution in [0.1, 0.15) is 29.8 Å². The molecular weight excluding hydrogens is 382 g/mol. The summed E-state index contributed by atoms with van der Waals surface area (Å²) in [4.78, 5) is 23.4. The highest BCUT2D eigenvalue weighted by Crippen LogP contribution is 2.22. The van der Waals surface area contributed by atoms with Crippen molar-refractivity contribution in [3.8, 4) is 5.75 Å². The van der Waals surface area contributed by atoms with E-state index in [1.54, 1.807) is 13.0 Å². The number of carbonyl (C=O) groups is 2. The van der Waals surface area contributed by atoms with Crippen molar-refractivity contribution in [3.05, 3.63) is 53.6 Å². The quantitative estimate of drug-likeness (QED) is 0.617. The number of ether oxygens (including phenoxy) is 1. The minimum absolute atomic E-state index is 0.0407. The Morgan fingerprint density at radius 3 is 2.32 bits per heavy atom. The molecule has 28 heavy (non-hydrogen) atoms. The van der Waals surface area contributed by atoms with Gasteiger partial charge in [-0.2, -0.15) is 4.72 Å². The fourth-order valence-electron chi connectivity index (χ4n) is 2.43. The Morgan fingerprint density at radius 2 is 1.79 bits per heavy atom. The molecule has 0 unspecified atom stereocenters. The number of benzene rings is 2. The molecular formula is C19H23N3O5S. The molecule has 0 fully saturated rings. The van der Waals surface area contributed by atoms with Gasteiger partial charge in [0.2, 0.25) is 21.8 Å². The van der Waals surface area contributed by atoms with E-state index in [9.17, 15) is 18.0 Å². The average molecular weight is 405 g/mol. The van der Waals surface area contributed by atoms with Gasteiger partial charge in [-0.05, 0) is 68.8 Å². The smallest absolute Gasteiger partial charge is 0.248 e. The summed E-state index contributed by atoms with van der Waals surface area (Å²) in [6.45, 7) is 5.50. The summed E-state index contributed by atoms with van der Waals surface area (Å²) in [5.41, 5.74) is 6.56. The van der Waals surface area contributed by atoms with E-state index in [0.29, 0.717) is 29.2 Å². The molecule has 8 nitrogen and oxygen atoms in total. The Labute approximate surface area is 164 Å². The lowest BCUT2D eigenvalue weighted by Gasteiger charge is -2.15. The fourth-order valence-corrected chi connectivity index (χ4v) is 3.72. The molecule has 0 saturated carbocycles. The summed E-state index contributed by atoms with van der Waals surface area (Å²) in [5.74, 6) is -0.519. The van der Waals surface area contributed by atoms with Crippen LogP contribution in [0.5, 0.6) is 5.75 Å². The minimum atomic E-state index is -3.90. The first kappa shape index (κ1) is 21.4. The van der Waals surface area contributed by atoms with Crippen LogP contribution in [-0.2, 0) is 14.8 Å². The monoisotopic (exact) mass is 405 g/mol. The van der Waals surface area contributed by atoms with Crippen LogP contribution in [0.3, 0.4) is 0 Å². The number of carbonyl (C=O) groups excluding carboxylic acids is 2. The number of hydrogen-bond donors (Lipinski definition) is 3. The highest BCUT2D eigenvalue weighted by Gasteiger charge is 2.23. The van der Waals surface area contributed by atoms with Crippen molar-refractivity contribution in [3.63, 3.8) is 0 Å². The van der Waals surface area contributed by atoms with E-state index in [2.05, 4.69) is 10.0 Å². The van der Waals surface area contributed by atoms with E-state index in [-0.39, 0.29) is 4.90 Å². The number of sulfonamides is 1. The van der Waals surface area contributed by atoms with Crippen molar-refractivity contribution < 1.29 is 22.7 Å². The zero-order valence-corrected chi connectivity index (χ0v) is 16.7. The predicted octanol–water partition coefficient (Wildman–Crippen LogP) is 1.80. The van der Waals surface area contributed by atoms with Crippen molar-refractivity contribution in [2.75, 3.05) is 11.9 Å². The van der Waals surface area contributed by atoms with E-state index in [1.807, 2.05) is 6.92 Å². The van der Waals surface area contributed by atoms with Gasteiger partial charge in [0.15, 0.2) is 0 Å². The summed E-state index contributed by atoms with van der Waals surface area (Å²) < 4.78 is 32.9. The summed E-state index contributed by atoms with van der Waals surface area (Å²) in [5, 5.41) is 2.58. The van der Waals surface area contributed by atoms with Crippen LogP contribution in [-0.4, -0.2) is 32.9 Å². The van der Waals surface area contributed by atoms with E-state index >= 15 is 0 Å². The lowest BCUT2D eigenvalue weighted by Crippen LogP contribution is -2.41. The third-order valence-corrected chi connectivity index (χ3v) is 5.46. The third kappa shape index (κ3) is 5.30. The Bertz CT molecular complexity index is 972. The van der Waals surface area contributed by atoms with Gasteiger partial charge < -0.3 is 15.8 Å². The Balaban J connectivity index is 2.07. The third-order valence-electron chi connectivity index (χ3n) is 3.92. The number of hydrogen-bond acceptors (Lipinski definition) is 5. The van der Waals surface area contributed by atoms with Crippen LogP contribution >= 0.6 is 0 Å². The zero-order valence-electron chi connectivity index (χ0n) is 15.9. The number of amides is 2. The molecule has 2 aromatic rings. The van der Waals surface area contributed by atoms with E-state index in [4.69, 9.17) is 10.5 Å². The highest BCUT2D eigenvalue weighted by molar-refractivity contribution is 7.89. The molecule has 2 rings (SSSR count). The van der Waals surface area contributed by atoms with Gasteiger partial charge in [-0.1, -0.05) is 0 Å². The van der Waals surface area contributed by atoms with E-state index < -0.39 is 27.9 Å². The molecule has 9 heteroatoms. The molecule has 0 bridgehead atoms. The maximum absolute atomic E-state index is 12.6. The van der Waals surface area contributed by atoms with Crippen LogP contribution in [0.4, 0.5) is 5.69 Å². The molecule has 0 radical (unpaired) electrons. The summed E-state index contributed by atoms with van der Waals surface area (Å²) in [6, 6.07) is 9.43. The van der Waals surface area contributed by atoms with Crippen LogP contribution in [0, 0.1) is 6.92 Å². The van der Waals surface area contributed by atoms with Gasteiger partial charge in [-0.25, -0.2) is 8.42 Å². The molecule has 0 aromatic heterocycles. The minimum Gasteiger partial charge on any atom is -0.494 e. The van der Waals surface area contributed by atoms with Gasteiger partial charge in [0, 0.05) is 11.3 Å². The molecule has 0 aliphatic carbocycles. The van der Waals surface area contributed by atoms with Crippen molar-refractivity contribution in [2.45, 2.75) is 31.7 Å². The number of rotatable bonds is 8. The van der Waals surface area contributed by atoms with Crippen molar-refractivity contribution >= 4 is 27.5 Å². The van der Waals surface area contributed by atoms with Crippen molar-refractivity contribution in [1.29, 1.82) is 0 Å². The molecule has 1 atom stereocenters. The molecule has 0 aliphatic rings. The lowest BCUT2D eigenvalue weighted by molar-refractivity contribution is -0.117. The molecule has 0 heterocycles. The van der Waals surface area contributed by atoms with Gasteiger partial charge in [-0.15, -0.1) is 0 Å². The maximum atomic E-state index is 12.6. The number of nitrogens with two attached hydrogens (primary N) is 1. The summed E-state index contributed by atoms with van der Waals surface area (Å²) in [6.07, 6.45) is 0. The van der Waals surface area contributed by atoms with Gasteiger partial charge in [0.25, 0.3) is 0 Å². The topological polar surface area (TPSA) is 128 Å². The molecule has 0 aliphatic heterocycles. The first-order valence-electron chi connectivity index (χ1n) is 8.60. The van der Waals surface area contributed by atoms with Gasteiger partial charge in [0.05, 0.1) is 17.5 Å². The van der Waals surface area contributed by atoms with Crippen LogP contribution in [0.15, 0.2) is 47.4 Å². The van der Waals surface area contributed by atoms with Crippen molar-refractivity contribution in [2.24, 2.45) is 5.73 Å². The first-order valence-corrected chi connectivity index (χ1v) is 10.1. The van der Waals surface area contributed by atoms with Crippen molar-refractivity contribution in [1.82, 2.24) is 4.72 Å². The molecule has 4 N–H and O–H groups in total. The van der Waals surface area contributed by atoms with Crippen LogP contribution in [0.25, 0.3) is 0 Å².